The van der Waals surface area contributed by atoms with Crippen LogP contribution in [0.15, 0.2) is 52.4 Å². The second kappa shape index (κ2) is 6.40. The van der Waals surface area contributed by atoms with Crippen LogP contribution in [0.1, 0.15) is 21.6 Å². The number of fused-ring (bicyclic) bond motifs is 1. The Balaban J connectivity index is 1.69. The maximum Gasteiger partial charge on any atom is 0.260 e. The van der Waals surface area contributed by atoms with Crippen molar-refractivity contribution in [3.8, 4) is 11.4 Å². The highest BCUT2D eigenvalue weighted by molar-refractivity contribution is 5.93. The molecule has 0 unspecified atom stereocenters. The van der Waals surface area contributed by atoms with Crippen LogP contribution < -0.4 is 11.1 Å². The van der Waals surface area contributed by atoms with Crippen molar-refractivity contribution in [3.63, 3.8) is 0 Å². The third kappa shape index (κ3) is 2.81. The van der Waals surface area contributed by atoms with Crippen LogP contribution in [0, 0.1) is 0 Å². The number of aromatic amines is 2. The fraction of sp³-hybridized carbons (Fsp3) is 0.167. The van der Waals surface area contributed by atoms with Gasteiger partial charge in [-0.25, -0.2) is 4.98 Å². The zero-order valence-electron chi connectivity index (χ0n) is 13.7. The van der Waals surface area contributed by atoms with Crippen molar-refractivity contribution in [3.05, 3.63) is 80.4 Å². The van der Waals surface area contributed by atoms with Gasteiger partial charge in [0.05, 0.1) is 12.2 Å². The van der Waals surface area contributed by atoms with Gasteiger partial charge in [0.25, 0.3) is 17.0 Å². The first-order valence-corrected chi connectivity index (χ1v) is 8.13. The fourth-order valence-electron chi connectivity index (χ4n) is 3.01. The number of aromatic nitrogens is 4. The standard InChI is InChI=1S/C18H15N5O3/c24-16-13(4-2-7-20-16)18(26)23-8-5-12-14(10-23)21-15(22-17(12)25)11-3-1-6-19-9-11/h1-4,6-7,9H,5,8,10H2,(H,20,24)(H,21,22,25). The SMILES string of the molecule is O=C(c1ccc[nH]c1=O)N1CCc2c(nc(-c3cccnc3)[nH]c2=O)C1. The summed E-state index contributed by atoms with van der Waals surface area (Å²) in [4.78, 5) is 52.3. The van der Waals surface area contributed by atoms with Crippen LogP contribution >= 0.6 is 0 Å². The molecule has 8 heteroatoms. The number of hydrogen-bond acceptors (Lipinski definition) is 5. The Morgan fingerprint density at radius 3 is 2.81 bits per heavy atom. The zero-order chi connectivity index (χ0) is 18.1. The first-order chi connectivity index (χ1) is 12.6. The molecule has 0 aliphatic carbocycles. The van der Waals surface area contributed by atoms with Gasteiger partial charge >= 0.3 is 0 Å². The summed E-state index contributed by atoms with van der Waals surface area (Å²) >= 11 is 0. The van der Waals surface area contributed by atoms with Crippen molar-refractivity contribution >= 4 is 5.91 Å². The van der Waals surface area contributed by atoms with Crippen molar-refractivity contribution in [1.29, 1.82) is 0 Å². The molecule has 1 aliphatic heterocycles. The van der Waals surface area contributed by atoms with Gasteiger partial charge in [0.2, 0.25) is 0 Å². The molecule has 26 heavy (non-hydrogen) atoms. The number of carbonyl (C=O) groups excluding carboxylic acids is 1. The molecule has 3 aromatic rings. The molecule has 0 radical (unpaired) electrons. The van der Waals surface area contributed by atoms with Gasteiger partial charge in [-0.15, -0.1) is 0 Å². The molecule has 4 rings (SSSR count). The fourth-order valence-corrected chi connectivity index (χ4v) is 3.01. The number of rotatable bonds is 2. The van der Waals surface area contributed by atoms with Crippen molar-refractivity contribution in [2.75, 3.05) is 6.54 Å². The number of nitrogens with one attached hydrogen (secondary N) is 2. The van der Waals surface area contributed by atoms with E-state index in [-0.39, 0.29) is 23.6 Å². The monoisotopic (exact) mass is 349 g/mol. The highest BCUT2D eigenvalue weighted by atomic mass is 16.2. The second-order valence-corrected chi connectivity index (χ2v) is 5.97. The molecule has 4 heterocycles. The summed E-state index contributed by atoms with van der Waals surface area (Å²) in [5.41, 5.74) is 1.24. The molecule has 0 aromatic carbocycles. The number of hydrogen-bond donors (Lipinski definition) is 2. The summed E-state index contributed by atoms with van der Waals surface area (Å²) in [7, 11) is 0. The number of nitrogens with zero attached hydrogens (tertiary/aromatic N) is 3. The Hall–Kier alpha value is -3.55. The van der Waals surface area contributed by atoms with E-state index in [0.717, 1.165) is 0 Å². The van der Waals surface area contributed by atoms with E-state index < -0.39 is 5.56 Å². The second-order valence-electron chi connectivity index (χ2n) is 5.97. The van der Waals surface area contributed by atoms with Crippen molar-refractivity contribution < 1.29 is 4.79 Å². The lowest BCUT2D eigenvalue weighted by atomic mass is 10.1. The Kier molecular flexibility index (Phi) is 3.92. The first-order valence-electron chi connectivity index (χ1n) is 8.13. The largest absolute Gasteiger partial charge is 0.332 e. The van der Waals surface area contributed by atoms with Gasteiger partial charge in [-0.1, -0.05) is 0 Å². The molecule has 0 atom stereocenters. The van der Waals surface area contributed by atoms with Crippen LogP contribution in [0.5, 0.6) is 0 Å². The number of carbonyl (C=O) groups is 1. The van der Waals surface area contributed by atoms with Crippen LogP contribution in [0.2, 0.25) is 0 Å². The summed E-state index contributed by atoms with van der Waals surface area (Å²) in [5, 5.41) is 0. The Bertz CT molecular complexity index is 1090. The quantitative estimate of drug-likeness (QED) is 0.708. The van der Waals surface area contributed by atoms with Gasteiger partial charge in [0.15, 0.2) is 0 Å². The van der Waals surface area contributed by atoms with Crippen LogP contribution in [-0.2, 0) is 13.0 Å². The van der Waals surface area contributed by atoms with E-state index in [9.17, 15) is 14.4 Å². The molecule has 0 bridgehead atoms. The van der Waals surface area contributed by atoms with E-state index in [0.29, 0.717) is 35.6 Å². The predicted octanol–water partition coefficient (Wildman–Crippen LogP) is 0.719. The van der Waals surface area contributed by atoms with Gasteiger partial charge < -0.3 is 14.9 Å². The molecule has 0 fully saturated rings. The van der Waals surface area contributed by atoms with Crippen molar-refractivity contribution in [2.45, 2.75) is 13.0 Å². The lowest BCUT2D eigenvalue weighted by Crippen LogP contribution is -2.41. The van der Waals surface area contributed by atoms with Crippen LogP contribution in [0.4, 0.5) is 0 Å². The minimum Gasteiger partial charge on any atom is -0.332 e. The van der Waals surface area contributed by atoms with E-state index >= 15 is 0 Å². The number of H-pyrrole nitrogens is 2. The number of amides is 1. The zero-order valence-corrected chi connectivity index (χ0v) is 13.7. The summed E-state index contributed by atoms with van der Waals surface area (Å²) in [6.07, 6.45) is 5.12. The summed E-state index contributed by atoms with van der Waals surface area (Å²) in [6.45, 7) is 0.539. The Morgan fingerprint density at radius 1 is 1.15 bits per heavy atom. The third-order valence-electron chi connectivity index (χ3n) is 4.34. The maximum atomic E-state index is 12.7. The smallest absolute Gasteiger partial charge is 0.260 e. The molecule has 2 N–H and O–H groups in total. The van der Waals surface area contributed by atoms with Crippen molar-refractivity contribution in [1.82, 2.24) is 24.8 Å². The van der Waals surface area contributed by atoms with Crippen LogP contribution in [-0.4, -0.2) is 37.3 Å². The lowest BCUT2D eigenvalue weighted by molar-refractivity contribution is 0.0729. The van der Waals surface area contributed by atoms with Crippen molar-refractivity contribution in [2.24, 2.45) is 0 Å². The number of pyridine rings is 2. The average molecular weight is 349 g/mol. The lowest BCUT2D eigenvalue weighted by Gasteiger charge is -2.27. The highest BCUT2D eigenvalue weighted by Gasteiger charge is 2.26. The molecule has 1 amide bonds. The Morgan fingerprint density at radius 2 is 2.04 bits per heavy atom. The van der Waals surface area contributed by atoms with Crippen LogP contribution in [0.25, 0.3) is 11.4 Å². The van der Waals surface area contributed by atoms with E-state index in [1.807, 2.05) is 0 Å². The third-order valence-corrected chi connectivity index (χ3v) is 4.34. The minimum atomic E-state index is -0.432. The maximum absolute atomic E-state index is 12.7. The average Bonchev–Trinajstić information content (AvgIpc) is 2.68. The molecule has 0 saturated carbocycles. The molecule has 130 valence electrons. The topological polar surface area (TPSA) is 112 Å². The van der Waals surface area contributed by atoms with E-state index in [1.165, 1.54) is 17.2 Å². The normalized spacial score (nSPS) is 13.3. The molecule has 1 aliphatic rings. The molecular weight excluding hydrogens is 334 g/mol. The van der Waals surface area contributed by atoms with Gasteiger partial charge in [-0.05, 0) is 30.7 Å². The van der Waals surface area contributed by atoms with Crippen LogP contribution in [0.3, 0.4) is 0 Å². The van der Waals surface area contributed by atoms with Gasteiger partial charge in [0, 0.05) is 36.3 Å². The van der Waals surface area contributed by atoms with Gasteiger partial charge in [0.1, 0.15) is 11.4 Å². The highest BCUT2D eigenvalue weighted by Crippen LogP contribution is 2.19. The summed E-state index contributed by atoms with van der Waals surface area (Å²) < 4.78 is 0. The molecule has 0 saturated heterocycles. The minimum absolute atomic E-state index is 0.0771. The summed E-state index contributed by atoms with van der Waals surface area (Å²) in [6, 6.07) is 6.65. The van der Waals surface area contributed by atoms with E-state index in [4.69, 9.17) is 0 Å². The van der Waals surface area contributed by atoms with Gasteiger partial charge in [-0.2, -0.15) is 0 Å². The predicted molar refractivity (Wildman–Crippen MR) is 93.6 cm³/mol. The molecule has 0 spiro atoms. The molecule has 3 aromatic heterocycles. The molecule has 8 nitrogen and oxygen atoms in total. The molecular formula is C18H15N5O3. The van der Waals surface area contributed by atoms with E-state index in [1.54, 1.807) is 30.6 Å². The Labute approximate surface area is 147 Å². The first kappa shape index (κ1) is 15.9. The van der Waals surface area contributed by atoms with Gasteiger partial charge in [-0.3, -0.25) is 19.4 Å². The van der Waals surface area contributed by atoms with E-state index in [2.05, 4.69) is 19.9 Å². The summed E-state index contributed by atoms with van der Waals surface area (Å²) in [5.74, 6) is 0.0382.